The number of anilines is 1. The molecule has 1 aliphatic rings. The number of nitrogens with zero attached hydrogens (tertiary/aromatic N) is 1. The predicted octanol–water partition coefficient (Wildman–Crippen LogP) is 2.59. The first-order chi connectivity index (χ1) is 12.8. The molecule has 1 aliphatic carbocycles. The highest BCUT2D eigenvalue weighted by Gasteiger charge is 2.45. The van der Waals surface area contributed by atoms with Crippen molar-refractivity contribution in [1.82, 2.24) is 4.90 Å². The van der Waals surface area contributed by atoms with Crippen molar-refractivity contribution in [3.63, 3.8) is 0 Å². The number of amides is 2. The summed E-state index contributed by atoms with van der Waals surface area (Å²) in [6, 6.07) is 14.2. The first-order valence-corrected chi connectivity index (χ1v) is 8.72. The smallest absolute Gasteiger partial charge is 0.310 e. The maximum Gasteiger partial charge on any atom is 0.310 e. The number of carbonyl (C=O) groups excluding carboxylic acids is 2. The van der Waals surface area contributed by atoms with Gasteiger partial charge in [-0.05, 0) is 42.2 Å². The maximum absolute atomic E-state index is 12.6. The van der Waals surface area contributed by atoms with Crippen molar-refractivity contribution in [3.05, 3.63) is 65.2 Å². The molecule has 2 aromatic rings. The Labute approximate surface area is 157 Å². The first-order valence-electron chi connectivity index (χ1n) is 8.72. The van der Waals surface area contributed by atoms with E-state index in [0.717, 1.165) is 11.1 Å². The van der Waals surface area contributed by atoms with Crippen molar-refractivity contribution < 1.29 is 19.5 Å². The summed E-state index contributed by atoms with van der Waals surface area (Å²) in [4.78, 5) is 38.1. The molecular weight excluding hydrogens is 344 g/mol. The monoisotopic (exact) mass is 366 g/mol. The van der Waals surface area contributed by atoms with Gasteiger partial charge < -0.3 is 15.3 Å². The van der Waals surface area contributed by atoms with Crippen LogP contribution in [0.25, 0.3) is 0 Å². The number of carbonyl (C=O) groups is 3. The van der Waals surface area contributed by atoms with Crippen LogP contribution in [-0.4, -0.2) is 41.9 Å². The van der Waals surface area contributed by atoms with E-state index in [4.69, 9.17) is 0 Å². The average molecular weight is 366 g/mol. The molecule has 3 rings (SSSR count). The molecule has 0 heterocycles. The first kappa shape index (κ1) is 18.6. The van der Waals surface area contributed by atoms with Gasteiger partial charge in [-0.15, -0.1) is 0 Å². The molecule has 2 aromatic carbocycles. The highest BCUT2D eigenvalue weighted by Crippen LogP contribution is 2.40. The molecule has 0 saturated heterocycles. The van der Waals surface area contributed by atoms with E-state index < -0.39 is 11.4 Å². The van der Waals surface area contributed by atoms with Gasteiger partial charge in [0.15, 0.2) is 0 Å². The molecule has 0 atom stereocenters. The molecule has 140 valence electrons. The van der Waals surface area contributed by atoms with Gasteiger partial charge >= 0.3 is 5.97 Å². The SMILES string of the molecule is CN(C)C(=O)c1cccc(NC(=O)CC2(C(=O)O)Cc3ccccc3C2)c1. The van der Waals surface area contributed by atoms with E-state index >= 15 is 0 Å². The minimum atomic E-state index is -1.13. The normalized spacial score (nSPS) is 14.3. The van der Waals surface area contributed by atoms with Crippen molar-refractivity contribution in [2.45, 2.75) is 19.3 Å². The number of carboxylic acids is 1. The summed E-state index contributed by atoms with van der Waals surface area (Å²) in [5.74, 6) is -1.51. The molecule has 2 amide bonds. The van der Waals surface area contributed by atoms with Gasteiger partial charge in [-0.2, -0.15) is 0 Å². The lowest BCUT2D eigenvalue weighted by Gasteiger charge is -2.23. The van der Waals surface area contributed by atoms with Gasteiger partial charge in [-0.1, -0.05) is 30.3 Å². The Morgan fingerprint density at radius 2 is 1.67 bits per heavy atom. The number of carboxylic acid groups (broad SMARTS) is 1. The molecule has 0 bridgehead atoms. The molecule has 0 spiro atoms. The van der Waals surface area contributed by atoms with Gasteiger partial charge in [0, 0.05) is 31.8 Å². The second-order valence-corrected chi connectivity index (χ2v) is 7.21. The summed E-state index contributed by atoms with van der Waals surface area (Å²) in [6.45, 7) is 0. The molecule has 0 saturated carbocycles. The number of hydrogen-bond acceptors (Lipinski definition) is 3. The second kappa shape index (κ2) is 7.23. The van der Waals surface area contributed by atoms with E-state index in [1.54, 1.807) is 38.4 Å². The third-order valence-corrected chi connectivity index (χ3v) is 4.93. The molecule has 2 N–H and O–H groups in total. The molecule has 6 nitrogen and oxygen atoms in total. The van der Waals surface area contributed by atoms with Crippen molar-refractivity contribution in [3.8, 4) is 0 Å². The van der Waals surface area contributed by atoms with Crippen LogP contribution in [-0.2, 0) is 22.4 Å². The van der Waals surface area contributed by atoms with Crippen LogP contribution in [0.2, 0.25) is 0 Å². The number of fused-ring (bicyclic) bond motifs is 1. The lowest BCUT2D eigenvalue weighted by atomic mass is 9.81. The van der Waals surface area contributed by atoms with Crippen LogP contribution in [0.3, 0.4) is 0 Å². The Hall–Kier alpha value is -3.15. The van der Waals surface area contributed by atoms with Gasteiger partial charge in [0.1, 0.15) is 0 Å². The summed E-state index contributed by atoms with van der Waals surface area (Å²) in [7, 11) is 3.31. The molecule has 0 fully saturated rings. The standard InChI is InChI=1S/C21H22N2O4/c1-23(2)19(25)14-8-5-9-17(10-14)22-18(24)13-21(20(26)27)11-15-6-3-4-7-16(15)12-21/h3-10H,11-13H2,1-2H3,(H,22,24)(H,26,27). The minimum Gasteiger partial charge on any atom is -0.481 e. The summed E-state index contributed by atoms with van der Waals surface area (Å²) in [5.41, 5.74) is 1.76. The largest absolute Gasteiger partial charge is 0.481 e. The zero-order valence-corrected chi connectivity index (χ0v) is 15.4. The van der Waals surface area contributed by atoms with Crippen LogP contribution in [0, 0.1) is 5.41 Å². The fraction of sp³-hybridized carbons (Fsp3) is 0.286. The number of hydrogen-bond donors (Lipinski definition) is 2. The number of nitrogens with one attached hydrogen (secondary N) is 1. The Kier molecular flexibility index (Phi) is 4.99. The zero-order valence-electron chi connectivity index (χ0n) is 15.4. The maximum atomic E-state index is 12.6. The predicted molar refractivity (Wildman–Crippen MR) is 102 cm³/mol. The van der Waals surface area contributed by atoms with Gasteiger partial charge in [-0.3, -0.25) is 14.4 Å². The summed E-state index contributed by atoms with van der Waals surface area (Å²) >= 11 is 0. The van der Waals surface area contributed by atoms with Crippen LogP contribution in [0.5, 0.6) is 0 Å². The summed E-state index contributed by atoms with van der Waals surface area (Å²) in [6.07, 6.45) is 0.555. The lowest BCUT2D eigenvalue weighted by molar-refractivity contribution is -0.150. The van der Waals surface area contributed by atoms with Crippen LogP contribution in [0.15, 0.2) is 48.5 Å². The van der Waals surface area contributed by atoms with E-state index in [1.165, 1.54) is 4.90 Å². The van der Waals surface area contributed by atoms with E-state index in [2.05, 4.69) is 5.32 Å². The fourth-order valence-corrected chi connectivity index (χ4v) is 3.55. The highest BCUT2D eigenvalue weighted by atomic mass is 16.4. The quantitative estimate of drug-likeness (QED) is 0.852. The fourth-order valence-electron chi connectivity index (χ4n) is 3.55. The Morgan fingerprint density at radius 3 is 2.22 bits per heavy atom. The number of benzene rings is 2. The van der Waals surface area contributed by atoms with Gasteiger partial charge in [0.25, 0.3) is 5.91 Å². The molecule has 27 heavy (non-hydrogen) atoms. The highest BCUT2D eigenvalue weighted by molar-refractivity contribution is 5.98. The Morgan fingerprint density at radius 1 is 1.04 bits per heavy atom. The van der Waals surface area contributed by atoms with Gasteiger partial charge in [0.05, 0.1) is 5.41 Å². The van der Waals surface area contributed by atoms with E-state index in [-0.39, 0.29) is 18.2 Å². The van der Waals surface area contributed by atoms with Crippen molar-refractivity contribution >= 4 is 23.5 Å². The van der Waals surface area contributed by atoms with E-state index in [1.807, 2.05) is 24.3 Å². The van der Waals surface area contributed by atoms with Crippen molar-refractivity contribution in [2.24, 2.45) is 5.41 Å². The topological polar surface area (TPSA) is 86.7 Å². The molecule has 0 radical (unpaired) electrons. The number of aliphatic carboxylic acids is 1. The van der Waals surface area contributed by atoms with Crippen molar-refractivity contribution in [1.29, 1.82) is 0 Å². The Balaban J connectivity index is 1.74. The zero-order chi connectivity index (χ0) is 19.6. The van der Waals surface area contributed by atoms with Gasteiger partial charge in [-0.25, -0.2) is 0 Å². The van der Waals surface area contributed by atoms with E-state index in [0.29, 0.717) is 24.1 Å². The molecule has 0 unspecified atom stereocenters. The van der Waals surface area contributed by atoms with Gasteiger partial charge in [0.2, 0.25) is 5.91 Å². The summed E-state index contributed by atoms with van der Waals surface area (Å²) in [5, 5.41) is 12.5. The molecule has 6 heteroatoms. The minimum absolute atomic E-state index is 0.122. The lowest BCUT2D eigenvalue weighted by Crippen LogP contribution is -2.36. The number of rotatable bonds is 5. The van der Waals surface area contributed by atoms with Crippen molar-refractivity contribution in [2.75, 3.05) is 19.4 Å². The third-order valence-electron chi connectivity index (χ3n) is 4.93. The molecular formula is C21H22N2O4. The summed E-state index contributed by atoms with van der Waals surface area (Å²) < 4.78 is 0. The molecule has 0 aromatic heterocycles. The second-order valence-electron chi connectivity index (χ2n) is 7.21. The van der Waals surface area contributed by atoms with Crippen LogP contribution < -0.4 is 5.32 Å². The van der Waals surface area contributed by atoms with Crippen LogP contribution >= 0.6 is 0 Å². The van der Waals surface area contributed by atoms with E-state index in [9.17, 15) is 19.5 Å². The molecule has 0 aliphatic heterocycles. The average Bonchev–Trinajstić information content (AvgIpc) is 3.00. The van der Waals surface area contributed by atoms with Crippen LogP contribution in [0.1, 0.15) is 27.9 Å². The Bertz CT molecular complexity index is 880. The third kappa shape index (κ3) is 3.84. The van der Waals surface area contributed by atoms with Crippen LogP contribution in [0.4, 0.5) is 5.69 Å².